The largest absolute Gasteiger partial charge is 0.379 e. The van der Waals surface area contributed by atoms with Gasteiger partial charge in [0.25, 0.3) is 0 Å². The van der Waals surface area contributed by atoms with Crippen molar-refractivity contribution in [1.82, 2.24) is 20.0 Å². The van der Waals surface area contributed by atoms with Gasteiger partial charge in [0.05, 0.1) is 19.3 Å². The van der Waals surface area contributed by atoms with Gasteiger partial charge in [0, 0.05) is 45.8 Å². The van der Waals surface area contributed by atoms with E-state index in [2.05, 4.69) is 69.2 Å². The van der Waals surface area contributed by atoms with Crippen molar-refractivity contribution in [3.8, 4) is 0 Å². The van der Waals surface area contributed by atoms with Crippen LogP contribution in [-0.4, -0.2) is 92.8 Å². The summed E-state index contributed by atoms with van der Waals surface area (Å²) >= 11 is 0. The lowest BCUT2D eigenvalue weighted by molar-refractivity contribution is 0.0194. The van der Waals surface area contributed by atoms with Crippen LogP contribution in [0.5, 0.6) is 0 Å². The molecule has 0 amide bonds. The second kappa shape index (κ2) is 10.8. The summed E-state index contributed by atoms with van der Waals surface area (Å²) in [4.78, 5) is 12.1. The highest BCUT2D eigenvalue weighted by molar-refractivity contribution is 5.80. The lowest BCUT2D eigenvalue weighted by atomic mass is 10.1. The fourth-order valence-corrected chi connectivity index (χ4v) is 4.49. The summed E-state index contributed by atoms with van der Waals surface area (Å²) in [6.45, 7) is 13.4. The summed E-state index contributed by atoms with van der Waals surface area (Å²) in [6, 6.07) is 11.8. The molecular formula is C22H37N5O. The Morgan fingerprint density at radius 3 is 2.54 bits per heavy atom. The molecule has 2 unspecified atom stereocenters. The van der Waals surface area contributed by atoms with E-state index in [0.717, 1.165) is 65.0 Å². The molecule has 0 saturated carbocycles. The molecule has 156 valence electrons. The quantitative estimate of drug-likeness (QED) is 0.573. The minimum Gasteiger partial charge on any atom is -0.379 e. The number of benzene rings is 1. The number of likely N-dealkylation sites (tertiary alicyclic amines) is 1. The number of nitrogens with zero attached hydrogens (tertiary/aromatic N) is 4. The maximum Gasteiger partial charge on any atom is 0.193 e. The van der Waals surface area contributed by atoms with Gasteiger partial charge < -0.3 is 15.0 Å². The first-order valence-electron chi connectivity index (χ1n) is 10.8. The number of hydrogen-bond donors (Lipinski definition) is 1. The molecule has 0 bridgehead atoms. The molecule has 2 fully saturated rings. The zero-order valence-electron chi connectivity index (χ0n) is 17.8. The molecule has 2 aliphatic heterocycles. The maximum absolute atomic E-state index is 5.51. The van der Waals surface area contributed by atoms with Crippen molar-refractivity contribution < 1.29 is 4.74 Å². The highest BCUT2D eigenvalue weighted by Gasteiger charge is 2.30. The van der Waals surface area contributed by atoms with Gasteiger partial charge in [-0.05, 0) is 25.1 Å². The van der Waals surface area contributed by atoms with Gasteiger partial charge in [0.1, 0.15) is 0 Å². The van der Waals surface area contributed by atoms with Crippen molar-refractivity contribution in [1.29, 1.82) is 0 Å². The average Bonchev–Trinajstić information content (AvgIpc) is 3.25. The van der Waals surface area contributed by atoms with Crippen LogP contribution in [0.2, 0.25) is 0 Å². The highest BCUT2D eigenvalue weighted by Crippen LogP contribution is 2.21. The first-order chi connectivity index (χ1) is 13.8. The predicted octanol–water partition coefficient (Wildman–Crippen LogP) is 2.05. The smallest absolute Gasteiger partial charge is 0.193 e. The molecule has 2 aliphatic rings. The van der Waals surface area contributed by atoms with E-state index in [1.165, 1.54) is 12.0 Å². The maximum atomic E-state index is 5.51. The van der Waals surface area contributed by atoms with Gasteiger partial charge in [-0.2, -0.15) is 0 Å². The van der Waals surface area contributed by atoms with E-state index < -0.39 is 0 Å². The van der Waals surface area contributed by atoms with E-state index in [9.17, 15) is 0 Å². The van der Waals surface area contributed by atoms with Crippen molar-refractivity contribution in [2.75, 3.05) is 66.1 Å². The molecule has 3 rings (SSSR count). The van der Waals surface area contributed by atoms with Crippen LogP contribution in [0.25, 0.3) is 0 Å². The Morgan fingerprint density at radius 2 is 1.89 bits per heavy atom. The van der Waals surface area contributed by atoms with Gasteiger partial charge >= 0.3 is 0 Å². The topological polar surface area (TPSA) is 43.3 Å². The van der Waals surface area contributed by atoms with E-state index in [0.29, 0.717) is 12.1 Å². The number of morpholine rings is 1. The van der Waals surface area contributed by atoms with Crippen LogP contribution in [0, 0.1) is 0 Å². The Kier molecular flexibility index (Phi) is 8.13. The second-order valence-electron chi connectivity index (χ2n) is 7.61. The third-order valence-electron chi connectivity index (χ3n) is 6.13. The highest BCUT2D eigenvalue weighted by atomic mass is 16.5. The molecule has 1 N–H and O–H groups in total. The Hall–Kier alpha value is -1.63. The molecule has 0 radical (unpaired) electrons. The van der Waals surface area contributed by atoms with Gasteiger partial charge in [-0.1, -0.05) is 44.2 Å². The van der Waals surface area contributed by atoms with E-state index in [1.54, 1.807) is 0 Å². The summed E-state index contributed by atoms with van der Waals surface area (Å²) in [5.74, 6) is 1.03. The van der Waals surface area contributed by atoms with Gasteiger partial charge in [-0.25, -0.2) is 0 Å². The van der Waals surface area contributed by atoms with Crippen LogP contribution in [0.4, 0.5) is 0 Å². The van der Waals surface area contributed by atoms with Crippen molar-refractivity contribution >= 4 is 5.96 Å². The SMILES string of the molecule is CCN(CC)C(CNC(=NC)N1CCC(N2CCOCC2)C1)c1ccccc1. The number of ether oxygens (including phenoxy) is 1. The van der Waals surface area contributed by atoms with E-state index >= 15 is 0 Å². The predicted molar refractivity (Wildman–Crippen MR) is 116 cm³/mol. The Balaban J connectivity index is 1.60. The molecule has 2 saturated heterocycles. The number of hydrogen-bond acceptors (Lipinski definition) is 4. The van der Waals surface area contributed by atoms with E-state index in [4.69, 9.17) is 4.74 Å². The first-order valence-corrected chi connectivity index (χ1v) is 10.8. The van der Waals surface area contributed by atoms with Crippen molar-refractivity contribution in [3.05, 3.63) is 35.9 Å². The van der Waals surface area contributed by atoms with Crippen LogP contribution in [0.1, 0.15) is 31.9 Å². The normalized spacial score (nSPS) is 22.6. The molecule has 0 spiro atoms. The molecule has 0 aromatic heterocycles. The summed E-state index contributed by atoms with van der Waals surface area (Å²) in [7, 11) is 1.90. The summed E-state index contributed by atoms with van der Waals surface area (Å²) in [5.41, 5.74) is 1.36. The Morgan fingerprint density at radius 1 is 1.18 bits per heavy atom. The Labute approximate surface area is 170 Å². The van der Waals surface area contributed by atoms with Gasteiger partial charge in [-0.3, -0.25) is 14.8 Å². The zero-order chi connectivity index (χ0) is 19.8. The lowest BCUT2D eigenvalue weighted by Crippen LogP contribution is -2.48. The molecule has 1 aromatic rings. The molecule has 6 nitrogen and oxygen atoms in total. The number of nitrogens with one attached hydrogen (secondary N) is 1. The van der Waals surface area contributed by atoms with Crippen LogP contribution in [0.15, 0.2) is 35.3 Å². The number of guanidine groups is 1. The summed E-state index contributed by atoms with van der Waals surface area (Å²) < 4.78 is 5.51. The third kappa shape index (κ3) is 5.25. The average molecular weight is 388 g/mol. The third-order valence-corrected chi connectivity index (χ3v) is 6.13. The molecule has 6 heteroatoms. The molecule has 1 aromatic carbocycles. The van der Waals surface area contributed by atoms with Gasteiger partial charge in [0.15, 0.2) is 5.96 Å². The Bertz CT molecular complexity index is 598. The minimum absolute atomic E-state index is 0.352. The van der Waals surface area contributed by atoms with Crippen LogP contribution in [0.3, 0.4) is 0 Å². The standard InChI is InChI=1S/C22H37N5O/c1-4-25(5-2)21(19-9-7-6-8-10-19)17-24-22(23-3)27-12-11-20(18-27)26-13-15-28-16-14-26/h6-10,20-21H,4-5,11-18H2,1-3H3,(H,23,24). The first kappa shape index (κ1) is 21.1. The van der Waals surface area contributed by atoms with Crippen LogP contribution in [-0.2, 0) is 4.74 Å². The van der Waals surface area contributed by atoms with Gasteiger partial charge in [0.2, 0.25) is 0 Å². The number of likely N-dealkylation sites (N-methyl/N-ethyl adjacent to an activating group) is 1. The monoisotopic (exact) mass is 387 g/mol. The van der Waals surface area contributed by atoms with Crippen molar-refractivity contribution in [2.24, 2.45) is 4.99 Å². The second-order valence-corrected chi connectivity index (χ2v) is 7.61. The van der Waals surface area contributed by atoms with Crippen molar-refractivity contribution in [3.63, 3.8) is 0 Å². The van der Waals surface area contributed by atoms with E-state index in [1.807, 2.05) is 7.05 Å². The molecular weight excluding hydrogens is 350 g/mol. The fraction of sp³-hybridized carbons (Fsp3) is 0.682. The summed E-state index contributed by atoms with van der Waals surface area (Å²) in [5, 5.41) is 3.67. The fourth-order valence-electron chi connectivity index (χ4n) is 4.49. The molecule has 0 aliphatic carbocycles. The number of rotatable bonds is 7. The number of aliphatic imine (C=N–C) groups is 1. The zero-order valence-corrected chi connectivity index (χ0v) is 17.8. The molecule has 28 heavy (non-hydrogen) atoms. The lowest BCUT2D eigenvalue weighted by Gasteiger charge is -2.33. The van der Waals surface area contributed by atoms with Crippen LogP contribution < -0.4 is 5.32 Å². The molecule has 2 heterocycles. The minimum atomic E-state index is 0.352. The van der Waals surface area contributed by atoms with Gasteiger partial charge in [-0.15, -0.1) is 0 Å². The summed E-state index contributed by atoms with van der Waals surface area (Å²) in [6.07, 6.45) is 1.21. The van der Waals surface area contributed by atoms with E-state index in [-0.39, 0.29) is 0 Å². The van der Waals surface area contributed by atoms with Crippen LogP contribution >= 0.6 is 0 Å². The molecule has 2 atom stereocenters. The van der Waals surface area contributed by atoms with Crippen molar-refractivity contribution in [2.45, 2.75) is 32.4 Å².